The third-order valence-electron chi connectivity index (χ3n) is 5.32. The number of rotatable bonds is 5. The molecule has 140 valence electrons. The molecule has 1 saturated carbocycles. The number of amides is 2. The van der Waals surface area contributed by atoms with Gasteiger partial charge in [-0.1, -0.05) is 36.4 Å². The van der Waals surface area contributed by atoms with E-state index in [9.17, 15) is 9.59 Å². The van der Waals surface area contributed by atoms with E-state index in [1.54, 1.807) is 6.20 Å². The molecule has 0 radical (unpaired) electrons. The monoisotopic (exact) mass is 364 g/mol. The summed E-state index contributed by atoms with van der Waals surface area (Å²) < 4.78 is 0. The molecule has 2 fully saturated rings. The average Bonchev–Trinajstić information content (AvgIpc) is 3.54. The Hall–Kier alpha value is -2.89. The summed E-state index contributed by atoms with van der Waals surface area (Å²) >= 11 is 0. The molecular formula is C21H24N4O2. The molecule has 6 nitrogen and oxygen atoms in total. The lowest BCUT2D eigenvalue weighted by Crippen LogP contribution is -2.49. The van der Waals surface area contributed by atoms with Gasteiger partial charge in [0.05, 0.1) is 11.8 Å². The van der Waals surface area contributed by atoms with Crippen molar-refractivity contribution in [3.05, 3.63) is 60.3 Å². The van der Waals surface area contributed by atoms with Gasteiger partial charge in [-0.3, -0.25) is 9.59 Å². The molecule has 1 aromatic heterocycles. The summed E-state index contributed by atoms with van der Waals surface area (Å²) in [4.78, 5) is 33.5. The number of benzene rings is 1. The maximum atomic E-state index is 12.7. The summed E-state index contributed by atoms with van der Waals surface area (Å²) in [6, 6.07) is 15.7. The van der Waals surface area contributed by atoms with E-state index >= 15 is 0 Å². The number of piperazine rings is 1. The molecule has 0 spiro atoms. The number of anilines is 1. The molecule has 2 atom stereocenters. The minimum absolute atomic E-state index is 0.00988. The van der Waals surface area contributed by atoms with Crippen LogP contribution in [0.2, 0.25) is 0 Å². The van der Waals surface area contributed by atoms with E-state index in [1.165, 1.54) is 0 Å². The van der Waals surface area contributed by atoms with Gasteiger partial charge in [-0.05, 0) is 24.1 Å². The summed E-state index contributed by atoms with van der Waals surface area (Å²) in [5.41, 5.74) is 1.07. The summed E-state index contributed by atoms with van der Waals surface area (Å²) in [5, 5.41) is 2.95. The number of hydrogen-bond acceptors (Lipinski definition) is 4. The minimum Gasteiger partial charge on any atom is -0.353 e. The Morgan fingerprint density at radius 1 is 0.963 bits per heavy atom. The molecular weight excluding hydrogens is 340 g/mol. The molecule has 1 N–H and O–H groups in total. The third kappa shape index (κ3) is 4.10. The lowest BCUT2D eigenvalue weighted by Gasteiger charge is -2.35. The zero-order chi connectivity index (χ0) is 18.6. The van der Waals surface area contributed by atoms with Crippen LogP contribution in [0.25, 0.3) is 0 Å². The Morgan fingerprint density at radius 3 is 2.41 bits per heavy atom. The summed E-state index contributed by atoms with van der Waals surface area (Å²) in [5.74, 6) is 0.742. The zero-order valence-electron chi connectivity index (χ0n) is 15.3. The fraction of sp³-hybridized carbons (Fsp3) is 0.381. The molecule has 1 saturated heterocycles. The summed E-state index contributed by atoms with van der Waals surface area (Å²) in [6.45, 7) is 3.44. The molecule has 27 heavy (non-hydrogen) atoms. The standard InChI is InChI=1S/C21H24N4O2/c26-20(23-15-16-6-2-1-3-7-16)17-14-18(17)21(27)25-12-10-24(11-13-25)19-8-4-5-9-22-19/h1-9,17-18H,10-15H2,(H,23,26). The lowest BCUT2D eigenvalue weighted by atomic mass is 10.2. The topological polar surface area (TPSA) is 65.5 Å². The normalized spacial score (nSPS) is 21.6. The highest BCUT2D eigenvalue weighted by molar-refractivity contribution is 5.92. The predicted octanol–water partition coefficient (Wildman–Crippen LogP) is 1.68. The number of carbonyl (C=O) groups excluding carboxylic acids is 2. The first-order chi connectivity index (χ1) is 13.2. The van der Waals surface area contributed by atoms with Crippen LogP contribution < -0.4 is 10.2 Å². The number of pyridine rings is 1. The molecule has 2 aliphatic rings. The molecule has 1 aliphatic heterocycles. The smallest absolute Gasteiger partial charge is 0.226 e. The van der Waals surface area contributed by atoms with Crippen LogP contribution >= 0.6 is 0 Å². The van der Waals surface area contributed by atoms with E-state index in [2.05, 4.69) is 15.2 Å². The van der Waals surface area contributed by atoms with Gasteiger partial charge < -0.3 is 15.1 Å². The Balaban J connectivity index is 1.24. The highest BCUT2D eigenvalue weighted by Crippen LogP contribution is 2.40. The van der Waals surface area contributed by atoms with E-state index in [1.807, 2.05) is 53.4 Å². The van der Waals surface area contributed by atoms with Crippen molar-refractivity contribution < 1.29 is 9.59 Å². The quantitative estimate of drug-likeness (QED) is 0.877. The first-order valence-electron chi connectivity index (χ1n) is 9.49. The maximum Gasteiger partial charge on any atom is 0.226 e. The van der Waals surface area contributed by atoms with Crippen LogP contribution in [0.3, 0.4) is 0 Å². The van der Waals surface area contributed by atoms with Gasteiger partial charge in [-0.2, -0.15) is 0 Å². The van der Waals surface area contributed by atoms with Crippen molar-refractivity contribution in [3.63, 3.8) is 0 Å². The molecule has 1 aromatic carbocycles. The number of carbonyl (C=O) groups is 2. The van der Waals surface area contributed by atoms with Crippen molar-refractivity contribution in [1.82, 2.24) is 15.2 Å². The van der Waals surface area contributed by atoms with Gasteiger partial charge in [-0.25, -0.2) is 4.98 Å². The molecule has 6 heteroatoms. The zero-order valence-corrected chi connectivity index (χ0v) is 15.3. The largest absolute Gasteiger partial charge is 0.353 e. The number of hydrogen-bond donors (Lipinski definition) is 1. The highest BCUT2D eigenvalue weighted by atomic mass is 16.2. The van der Waals surface area contributed by atoms with Crippen LogP contribution in [0, 0.1) is 11.8 Å². The van der Waals surface area contributed by atoms with Gasteiger partial charge >= 0.3 is 0 Å². The first-order valence-corrected chi connectivity index (χ1v) is 9.49. The van der Waals surface area contributed by atoms with Gasteiger partial charge in [0.1, 0.15) is 5.82 Å². The first kappa shape index (κ1) is 17.5. The molecule has 1 aliphatic carbocycles. The second-order valence-corrected chi connectivity index (χ2v) is 7.15. The van der Waals surface area contributed by atoms with Crippen LogP contribution in [0.1, 0.15) is 12.0 Å². The molecule has 2 heterocycles. The lowest BCUT2D eigenvalue weighted by molar-refractivity contribution is -0.135. The average molecular weight is 364 g/mol. The van der Waals surface area contributed by atoms with Gasteiger partial charge in [-0.15, -0.1) is 0 Å². The van der Waals surface area contributed by atoms with Crippen molar-refractivity contribution in [2.75, 3.05) is 31.1 Å². The van der Waals surface area contributed by atoms with Gasteiger partial charge in [0.2, 0.25) is 11.8 Å². The second kappa shape index (κ2) is 7.78. The van der Waals surface area contributed by atoms with E-state index in [0.29, 0.717) is 26.1 Å². The van der Waals surface area contributed by atoms with Crippen LogP contribution in [-0.4, -0.2) is 47.9 Å². The van der Waals surface area contributed by atoms with Crippen molar-refractivity contribution in [1.29, 1.82) is 0 Å². The SMILES string of the molecule is O=C(NCc1ccccc1)C1CC1C(=O)N1CCN(c2ccccn2)CC1. The Kier molecular flexibility index (Phi) is 5.05. The number of aromatic nitrogens is 1. The van der Waals surface area contributed by atoms with E-state index in [4.69, 9.17) is 0 Å². The predicted molar refractivity (Wildman–Crippen MR) is 103 cm³/mol. The summed E-state index contributed by atoms with van der Waals surface area (Å²) in [7, 11) is 0. The Bertz CT molecular complexity index is 788. The van der Waals surface area contributed by atoms with Crippen LogP contribution in [-0.2, 0) is 16.1 Å². The molecule has 0 bridgehead atoms. The van der Waals surface area contributed by atoms with E-state index in [0.717, 1.165) is 24.5 Å². The molecule has 2 aromatic rings. The second-order valence-electron chi connectivity index (χ2n) is 7.15. The van der Waals surface area contributed by atoms with Crippen molar-refractivity contribution in [3.8, 4) is 0 Å². The van der Waals surface area contributed by atoms with Crippen molar-refractivity contribution in [2.24, 2.45) is 11.8 Å². The van der Waals surface area contributed by atoms with Crippen LogP contribution in [0.15, 0.2) is 54.7 Å². The fourth-order valence-corrected chi connectivity index (χ4v) is 3.61. The number of nitrogens with zero attached hydrogens (tertiary/aromatic N) is 3. The molecule has 4 rings (SSSR count). The van der Waals surface area contributed by atoms with Crippen LogP contribution in [0.5, 0.6) is 0 Å². The summed E-state index contributed by atoms with van der Waals surface area (Å²) in [6.07, 6.45) is 2.45. The van der Waals surface area contributed by atoms with E-state index < -0.39 is 0 Å². The van der Waals surface area contributed by atoms with Crippen molar-refractivity contribution >= 4 is 17.6 Å². The number of nitrogens with one attached hydrogen (secondary N) is 1. The highest BCUT2D eigenvalue weighted by Gasteiger charge is 2.49. The fourth-order valence-electron chi connectivity index (χ4n) is 3.61. The van der Waals surface area contributed by atoms with Gasteiger partial charge in [0, 0.05) is 38.9 Å². The van der Waals surface area contributed by atoms with Gasteiger partial charge in [0.15, 0.2) is 0 Å². The maximum absolute atomic E-state index is 12.7. The Morgan fingerprint density at radius 2 is 1.70 bits per heavy atom. The minimum atomic E-state index is -0.171. The van der Waals surface area contributed by atoms with E-state index in [-0.39, 0.29) is 23.7 Å². The third-order valence-corrected chi connectivity index (χ3v) is 5.32. The van der Waals surface area contributed by atoms with Gasteiger partial charge in [0.25, 0.3) is 0 Å². The Labute approximate surface area is 159 Å². The molecule has 2 unspecified atom stereocenters. The van der Waals surface area contributed by atoms with Crippen LogP contribution in [0.4, 0.5) is 5.82 Å². The van der Waals surface area contributed by atoms with Crippen molar-refractivity contribution in [2.45, 2.75) is 13.0 Å². The molecule has 2 amide bonds.